The molecule has 1 aliphatic heterocycles. The molecule has 0 bridgehead atoms. The van der Waals surface area contributed by atoms with Crippen molar-refractivity contribution >= 4 is 15.9 Å². The van der Waals surface area contributed by atoms with Crippen LogP contribution in [0.1, 0.15) is 44.7 Å². The van der Waals surface area contributed by atoms with E-state index in [-0.39, 0.29) is 5.41 Å². The second-order valence-electron chi connectivity index (χ2n) is 6.17. The molecule has 1 unspecified atom stereocenters. The molecule has 1 atom stereocenters. The normalized spacial score (nSPS) is 16.6. The number of rotatable bonds is 7. The molecule has 20 heavy (non-hydrogen) atoms. The lowest BCUT2D eigenvalue weighted by Crippen LogP contribution is -2.33. The lowest BCUT2D eigenvalue weighted by atomic mass is 9.80. The molecular weight excluding hydrogens is 314 g/mol. The van der Waals surface area contributed by atoms with Crippen molar-refractivity contribution in [3.05, 3.63) is 27.7 Å². The lowest BCUT2D eigenvalue weighted by Gasteiger charge is -2.29. The van der Waals surface area contributed by atoms with Crippen molar-refractivity contribution in [2.45, 2.75) is 46.5 Å². The fourth-order valence-electron chi connectivity index (χ4n) is 2.82. The van der Waals surface area contributed by atoms with Crippen molar-refractivity contribution in [3.63, 3.8) is 0 Å². The monoisotopic (exact) mass is 339 g/mol. The molecule has 0 fully saturated rings. The number of benzene rings is 1. The summed E-state index contributed by atoms with van der Waals surface area (Å²) in [5.74, 6) is 1.14. The summed E-state index contributed by atoms with van der Waals surface area (Å²) in [7, 11) is 0. The second-order valence-corrected chi connectivity index (χ2v) is 7.09. The minimum absolute atomic E-state index is 0.287. The molecule has 0 aliphatic carbocycles. The number of hydrogen-bond acceptors (Lipinski definition) is 2. The molecule has 2 rings (SSSR count). The van der Waals surface area contributed by atoms with Crippen molar-refractivity contribution in [3.8, 4) is 5.75 Å². The summed E-state index contributed by atoms with van der Waals surface area (Å²) in [6, 6.07) is 4.43. The molecule has 3 heteroatoms. The highest BCUT2D eigenvalue weighted by molar-refractivity contribution is 9.10. The van der Waals surface area contributed by atoms with Crippen molar-refractivity contribution in [2.24, 2.45) is 5.41 Å². The van der Waals surface area contributed by atoms with E-state index in [0.717, 1.165) is 38.3 Å². The van der Waals surface area contributed by atoms with Gasteiger partial charge in [-0.15, -0.1) is 0 Å². The summed E-state index contributed by atoms with van der Waals surface area (Å²) in [5, 5.41) is 3.58. The van der Waals surface area contributed by atoms with Gasteiger partial charge >= 0.3 is 0 Å². The Hall–Kier alpha value is -0.540. The Morgan fingerprint density at radius 1 is 1.35 bits per heavy atom. The van der Waals surface area contributed by atoms with Gasteiger partial charge in [0.05, 0.1) is 6.61 Å². The van der Waals surface area contributed by atoms with Gasteiger partial charge in [0, 0.05) is 17.4 Å². The topological polar surface area (TPSA) is 21.3 Å². The van der Waals surface area contributed by atoms with E-state index in [1.807, 2.05) is 0 Å². The number of halogens is 1. The highest BCUT2D eigenvalue weighted by Crippen LogP contribution is 2.37. The maximum atomic E-state index is 5.86. The van der Waals surface area contributed by atoms with Gasteiger partial charge in [0.2, 0.25) is 0 Å². The highest BCUT2D eigenvalue weighted by Gasteiger charge is 2.26. The molecule has 0 saturated carbocycles. The summed E-state index contributed by atoms with van der Waals surface area (Å²) in [6.45, 7) is 9.87. The van der Waals surface area contributed by atoms with Gasteiger partial charge in [0.1, 0.15) is 5.75 Å². The largest absolute Gasteiger partial charge is 0.493 e. The Bertz CT molecular complexity index is 461. The average Bonchev–Trinajstić information content (AvgIpc) is 2.87. The second kappa shape index (κ2) is 6.95. The van der Waals surface area contributed by atoms with Crippen LogP contribution in [0.25, 0.3) is 0 Å². The first-order valence-corrected chi connectivity index (χ1v) is 8.52. The van der Waals surface area contributed by atoms with Crippen molar-refractivity contribution in [1.82, 2.24) is 5.32 Å². The summed E-state index contributed by atoms with van der Waals surface area (Å²) < 4.78 is 7.04. The molecule has 0 radical (unpaired) electrons. The number of nitrogens with one attached hydrogen (secondary N) is 1. The van der Waals surface area contributed by atoms with Crippen LogP contribution >= 0.6 is 15.9 Å². The smallest absolute Gasteiger partial charge is 0.125 e. The molecule has 0 saturated heterocycles. The fraction of sp³-hybridized carbons (Fsp3) is 0.647. The molecule has 0 aromatic heterocycles. The van der Waals surface area contributed by atoms with Gasteiger partial charge in [-0.2, -0.15) is 0 Å². The van der Waals surface area contributed by atoms with Gasteiger partial charge in [0.15, 0.2) is 0 Å². The Kier molecular flexibility index (Phi) is 5.50. The van der Waals surface area contributed by atoms with Gasteiger partial charge in [-0.3, -0.25) is 0 Å². The van der Waals surface area contributed by atoms with E-state index in [1.165, 1.54) is 28.4 Å². The van der Waals surface area contributed by atoms with Crippen LogP contribution in [-0.2, 0) is 12.8 Å². The molecule has 1 aromatic rings. The quantitative estimate of drug-likeness (QED) is 0.746. The maximum Gasteiger partial charge on any atom is 0.125 e. The first-order chi connectivity index (χ1) is 9.58. The third kappa shape index (κ3) is 3.76. The Morgan fingerprint density at radius 3 is 2.85 bits per heavy atom. The van der Waals surface area contributed by atoms with E-state index in [9.17, 15) is 0 Å². The first kappa shape index (κ1) is 15.8. The van der Waals surface area contributed by atoms with Crippen LogP contribution in [0.5, 0.6) is 5.75 Å². The van der Waals surface area contributed by atoms with Gasteiger partial charge in [-0.1, -0.05) is 36.7 Å². The van der Waals surface area contributed by atoms with Crippen molar-refractivity contribution in [2.75, 3.05) is 19.7 Å². The van der Waals surface area contributed by atoms with Gasteiger partial charge in [-0.25, -0.2) is 0 Å². The zero-order valence-corrected chi connectivity index (χ0v) is 14.5. The van der Waals surface area contributed by atoms with E-state index in [2.05, 4.69) is 54.2 Å². The zero-order chi connectivity index (χ0) is 14.6. The number of fused-ring (bicyclic) bond motifs is 1. The van der Waals surface area contributed by atoms with Crippen LogP contribution in [-0.4, -0.2) is 19.7 Å². The van der Waals surface area contributed by atoms with Crippen LogP contribution in [0.2, 0.25) is 0 Å². The van der Waals surface area contributed by atoms with Gasteiger partial charge < -0.3 is 10.1 Å². The van der Waals surface area contributed by atoms with E-state index in [4.69, 9.17) is 4.74 Å². The Labute approximate surface area is 131 Å². The number of hydrogen-bond donors (Lipinski definition) is 1. The minimum Gasteiger partial charge on any atom is -0.493 e. The minimum atomic E-state index is 0.287. The van der Waals surface area contributed by atoms with Gasteiger partial charge in [-0.05, 0) is 54.5 Å². The lowest BCUT2D eigenvalue weighted by molar-refractivity contribution is 0.283. The molecule has 1 aromatic carbocycles. The van der Waals surface area contributed by atoms with Crippen molar-refractivity contribution in [1.29, 1.82) is 0 Å². The zero-order valence-electron chi connectivity index (χ0n) is 12.9. The summed E-state index contributed by atoms with van der Waals surface area (Å²) in [4.78, 5) is 0. The van der Waals surface area contributed by atoms with Crippen LogP contribution in [0.4, 0.5) is 0 Å². The highest BCUT2D eigenvalue weighted by atomic mass is 79.9. The van der Waals surface area contributed by atoms with Crippen molar-refractivity contribution < 1.29 is 4.74 Å². The van der Waals surface area contributed by atoms with E-state index < -0.39 is 0 Å². The molecule has 2 nitrogen and oxygen atoms in total. The summed E-state index contributed by atoms with van der Waals surface area (Å²) >= 11 is 3.64. The maximum absolute atomic E-state index is 5.86. The van der Waals surface area contributed by atoms with E-state index in [1.54, 1.807) is 0 Å². The first-order valence-electron chi connectivity index (χ1n) is 7.73. The molecule has 0 amide bonds. The molecule has 1 heterocycles. The van der Waals surface area contributed by atoms with Crippen LogP contribution in [0.15, 0.2) is 16.6 Å². The Morgan fingerprint density at radius 2 is 2.15 bits per heavy atom. The standard InChI is InChI=1S/C17H26BrNO/c1-4-7-19-12-17(3,5-2)11-14-10-15(18)9-13-6-8-20-16(13)14/h9-10,19H,4-8,11-12H2,1-3H3. The molecule has 0 spiro atoms. The molecule has 112 valence electrons. The van der Waals surface area contributed by atoms with Crippen LogP contribution < -0.4 is 10.1 Å². The predicted molar refractivity (Wildman–Crippen MR) is 88.6 cm³/mol. The number of ether oxygens (including phenoxy) is 1. The van der Waals surface area contributed by atoms with Gasteiger partial charge in [0.25, 0.3) is 0 Å². The van der Waals surface area contributed by atoms with E-state index >= 15 is 0 Å². The third-order valence-electron chi connectivity index (χ3n) is 4.27. The third-order valence-corrected chi connectivity index (χ3v) is 4.73. The SMILES string of the molecule is CCCNCC(C)(CC)Cc1cc(Br)cc2c1OCC2. The van der Waals surface area contributed by atoms with Crippen LogP contribution in [0.3, 0.4) is 0 Å². The molecular formula is C17H26BrNO. The van der Waals surface area contributed by atoms with Crippen LogP contribution in [0, 0.1) is 5.41 Å². The summed E-state index contributed by atoms with van der Waals surface area (Å²) in [5.41, 5.74) is 3.00. The summed E-state index contributed by atoms with van der Waals surface area (Å²) in [6.07, 6.45) is 4.47. The molecule has 1 N–H and O–H groups in total. The Balaban J connectivity index is 2.15. The average molecular weight is 340 g/mol. The molecule has 1 aliphatic rings. The predicted octanol–water partition coefficient (Wildman–Crippen LogP) is 4.34. The van der Waals surface area contributed by atoms with E-state index in [0.29, 0.717) is 0 Å². The fourth-order valence-corrected chi connectivity index (χ4v) is 3.37.